The molecule has 0 heterocycles. The van der Waals surface area contributed by atoms with Gasteiger partial charge in [0.2, 0.25) is 0 Å². The molecule has 1 radical (unpaired) electrons. The van der Waals surface area contributed by atoms with E-state index in [1.165, 1.54) is 0 Å². The molecule has 0 bridgehead atoms. The summed E-state index contributed by atoms with van der Waals surface area (Å²) in [6, 6.07) is 7.59. The van der Waals surface area contributed by atoms with Gasteiger partial charge >= 0.3 is 0 Å². The van der Waals surface area contributed by atoms with Crippen LogP contribution in [-0.2, 0) is 0 Å². The van der Waals surface area contributed by atoms with Crippen molar-refractivity contribution < 1.29 is 4.74 Å². The smallest absolute Gasteiger partial charge is 0.119 e. The maximum absolute atomic E-state index is 5.27. The predicted molar refractivity (Wildman–Crippen MR) is 45.5 cm³/mol. The third-order valence-electron chi connectivity index (χ3n) is 1.31. The van der Waals surface area contributed by atoms with Gasteiger partial charge in [-0.2, -0.15) is 0 Å². The normalized spacial score (nSPS) is 9.64. The van der Waals surface area contributed by atoms with Crippen LogP contribution in [-0.4, -0.2) is 13.2 Å². The average molecular weight is 150 g/mol. The van der Waals surface area contributed by atoms with Crippen molar-refractivity contribution in [2.75, 3.05) is 13.2 Å². The molecule has 0 aromatic heterocycles. The third-order valence-corrected chi connectivity index (χ3v) is 1.31. The van der Waals surface area contributed by atoms with Crippen molar-refractivity contribution >= 4 is 0 Å². The summed E-state index contributed by atoms with van der Waals surface area (Å²) in [4.78, 5) is 0. The first-order valence-electron chi connectivity index (χ1n) is 3.58. The Morgan fingerprint density at radius 3 is 2.45 bits per heavy atom. The number of nitrogens with two attached hydrogens (primary N) is 1. The van der Waals surface area contributed by atoms with E-state index in [-0.39, 0.29) is 0 Å². The van der Waals surface area contributed by atoms with Crippen molar-refractivity contribution in [3.8, 4) is 5.75 Å². The van der Waals surface area contributed by atoms with Crippen LogP contribution in [0.5, 0.6) is 5.75 Å². The van der Waals surface area contributed by atoms with Gasteiger partial charge in [0.05, 0.1) is 0 Å². The lowest BCUT2D eigenvalue weighted by atomic mass is 10.2. The van der Waals surface area contributed by atoms with Crippen LogP contribution in [0.15, 0.2) is 24.3 Å². The van der Waals surface area contributed by atoms with Crippen LogP contribution in [0.3, 0.4) is 0 Å². The van der Waals surface area contributed by atoms with E-state index in [0.717, 1.165) is 11.3 Å². The molecule has 0 unspecified atom stereocenters. The zero-order valence-corrected chi connectivity index (χ0v) is 6.42. The summed E-state index contributed by atoms with van der Waals surface area (Å²) in [6.07, 6.45) is 0. The summed E-state index contributed by atoms with van der Waals surface area (Å²) in [5, 5.41) is 0. The van der Waals surface area contributed by atoms with Gasteiger partial charge in [-0.25, -0.2) is 0 Å². The molecule has 0 aliphatic heterocycles. The van der Waals surface area contributed by atoms with Gasteiger partial charge in [-0.3, -0.25) is 0 Å². The number of hydrogen-bond donors (Lipinski definition) is 1. The molecule has 0 aliphatic rings. The van der Waals surface area contributed by atoms with Crippen LogP contribution >= 0.6 is 0 Å². The van der Waals surface area contributed by atoms with E-state index in [2.05, 4.69) is 6.92 Å². The van der Waals surface area contributed by atoms with Crippen LogP contribution in [0.1, 0.15) is 5.56 Å². The molecule has 0 fully saturated rings. The van der Waals surface area contributed by atoms with Gasteiger partial charge in [0.1, 0.15) is 12.4 Å². The highest BCUT2D eigenvalue weighted by Gasteiger charge is 1.89. The summed E-state index contributed by atoms with van der Waals surface area (Å²) in [7, 11) is 0. The van der Waals surface area contributed by atoms with E-state index >= 15 is 0 Å². The lowest BCUT2D eigenvalue weighted by Crippen LogP contribution is -2.10. The van der Waals surface area contributed by atoms with Crippen molar-refractivity contribution in [2.45, 2.75) is 0 Å². The van der Waals surface area contributed by atoms with Crippen LogP contribution in [0.2, 0.25) is 0 Å². The van der Waals surface area contributed by atoms with Gasteiger partial charge in [0, 0.05) is 6.54 Å². The molecule has 2 heteroatoms. The van der Waals surface area contributed by atoms with Crippen molar-refractivity contribution in [3.05, 3.63) is 36.8 Å². The van der Waals surface area contributed by atoms with E-state index in [1.54, 1.807) is 0 Å². The number of benzene rings is 1. The Labute approximate surface area is 67.0 Å². The van der Waals surface area contributed by atoms with Gasteiger partial charge in [0.15, 0.2) is 0 Å². The highest BCUT2D eigenvalue weighted by molar-refractivity contribution is 5.28. The van der Waals surface area contributed by atoms with E-state index in [0.29, 0.717) is 13.2 Å². The molecule has 0 amide bonds. The Morgan fingerprint density at radius 2 is 1.91 bits per heavy atom. The maximum atomic E-state index is 5.27. The number of hydrogen-bond acceptors (Lipinski definition) is 2. The molecule has 2 nitrogen and oxygen atoms in total. The average Bonchev–Trinajstić information content (AvgIpc) is 2.04. The molecular weight excluding hydrogens is 138 g/mol. The summed E-state index contributed by atoms with van der Waals surface area (Å²) in [6.45, 7) is 4.88. The second kappa shape index (κ2) is 3.98. The SMILES string of the molecule is [CH2]c1ccc(OCCN)cc1. The van der Waals surface area contributed by atoms with Crippen molar-refractivity contribution in [2.24, 2.45) is 5.73 Å². The minimum Gasteiger partial charge on any atom is -0.492 e. The molecule has 1 aromatic rings. The molecule has 11 heavy (non-hydrogen) atoms. The Morgan fingerprint density at radius 1 is 1.27 bits per heavy atom. The van der Waals surface area contributed by atoms with E-state index in [4.69, 9.17) is 10.5 Å². The Balaban J connectivity index is 2.52. The van der Waals surface area contributed by atoms with Gasteiger partial charge in [-0.05, 0) is 24.6 Å². The standard InChI is InChI=1S/C9H12NO/c1-8-2-4-9(5-3-8)11-7-6-10/h2-5H,1,6-7,10H2. The van der Waals surface area contributed by atoms with E-state index in [1.807, 2.05) is 24.3 Å². The van der Waals surface area contributed by atoms with Gasteiger partial charge in [-0.1, -0.05) is 12.1 Å². The molecule has 1 aromatic carbocycles. The summed E-state index contributed by atoms with van der Waals surface area (Å²) in [5.74, 6) is 0.850. The van der Waals surface area contributed by atoms with Crippen LogP contribution in [0.4, 0.5) is 0 Å². The Bertz CT molecular complexity index is 205. The fourth-order valence-corrected chi connectivity index (χ4v) is 0.762. The fraction of sp³-hybridized carbons (Fsp3) is 0.222. The van der Waals surface area contributed by atoms with E-state index < -0.39 is 0 Å². The first-order chi connectivity index (χ1) is 5.33. The molecule has 59 valence electrons. The van der Waals surface area contributed by atoms with Crippen LogP contribution < -0.4 is 10.5 Å². The first-order valence-corrected chi connectivity index (χ1v) is 3.58. The third kappa shape index (κ3) is 2.60. The largest absolute Gasteiger partial charge is 0.492 e. The Kier molecular flexibility index (Phi) is 2.93. The van der Waals surface area contributed by atoms with Crippen molar-refractivity contribution in [1.29, 1.82) is 0 Å². The topological polar surface area (TPSA) is 35.2 Å². The first kappa shape index (κ1) is 8.08. The van der Waals surface area contributed by atoms with Gasteiger partial charge in [-0.15, -0.1) is 0 Å². The number of ether oxygens (including phenoxy) is 1. The van der Waals surface area contributed by atoms with Crippen LogP contribution in [0, 0.1) is 6.92 Å². The molecule has 0 saturated carbocycles. The van der Waals surface area contributed by atoms with Gasteiger partial charge in [0.25, 0.3) is 0 Å². The summed E-state index contributed by atoms with van der Waals surface area (Å²) in [5.41, 5.74) is 6.26. The van der Waals surface area contributed by atoms with Crippen molar-refractivity contribution in [3.63, 3.8) is 0 Å². The van der Waals surface area contributed by atoms with E-state index in [9.17, 15) is 0 Å². The van der Waals surface area contributed by atoms with Crippen LogP contribution in [0.25, 0.3) is 0 Å². The highest BCUT2D eigenvalue weighted by atomic mass is 16.5. The minimum atomic E-state index is 0.548. The molecule has 2 N–H and O–H groups in total. The molecular formula is C9H12NO. The molecule has 0 atom stereocenters. The summed E-state index contributed by atoms with van der Waals surface area (Å²) >= 11 is 0. The molecule has 1 rings (SSSR count). The number of rotatable bonds is 3. The monoisotopic (exact) mass is 150 g/mol. The second-order valence-electron chi connectivity index (χ2n) is 2.28. The second-order valence-corrected chi connectivity index (χ2v) is 2.28. The summed E-state index contributed by atoms with van der Waals surface area (Å²) < 4.78 is 5.26. The zero-order chi connectivity index (χ0) is 8.10. The molecule has 0 spiro atoms. The Hall–Kier alpha value is -1.02. The maximum Gasteiger partial charge on any atom is 0.119 e. The lowest BCUT2D eigenvalue weighted by molar-refractivity contribution is 0.328. The molecule has 0 aliphatic carbocycles. The lowest BCUT2D eigenvalue weighted by Gasteiger charge is -2.03. The minimum absolute atomic E-state index is 0.548. The van der Waals surface area contributed by atoms with Gasteiger partial charge < -0.3 is 10.5 Å². The predicted octanol–water partition coefficient (Wildman–Crippen LogP) is 1.21. The van der Waals surface area contributed by atoms with Crippen molar-refractivity contribution in [1.82, 2.24) is 0 Å². The highest BCUT2D eigenvalue weighted by Crippen LogP contribution is 2.10. The quantitative estimate of drug-likeness (QED) is 0.702. The molecule has 0 saturated heterocycles. The fourth-order valence-electron chi connectivity index (χ4n) is 0.762. The zero-order valence-electron chi connectivity index (χ0n) is 6.42.